The molecule has 1 N–H and O–H groups in total. The summed E-state index contributed by atoms with van der Waals surface area (Å²) in [5.74, 6) is 0.751. The van der Waals surface area contributed by atoms with Crippen molar-refractivity contribution in [3.05, 3.63) is 34.9 Å². The summed E-state index contributed by atoms with van der Waals surface area (Å²) in [5, 5.41) is 3.41. The molecule has 1 aliphatic rings. The smallest absolute Gasteiger partial charge is 0.00207 e. The van der Waals surface area contributed by atoms with Crippen LogP contribution in [0.2, 0.25) is 0 Å². The topological polar surface area (TPSA) is 12.0 Å². The molecule has 0 bridgehead atoms. The van der Waals surface area contributed by atoms with E-state index in [1.807, 2.05) is 0 Å². The van der Waals surface area contributed by atoms with Crippen molar-refractivity contribution in [2.24, 2.45) is 0 Å². The summed E-state index contributed by atoms with van der Waals surface area (Å²) in [6.45, 7) is 6.71. The highest BCUT2D eigenvalue weighted by Gasteiger charge is 2.17. The van der Waals surface area contributed by atoms with E-state index < -0.39 is 0 Å². The SMILES string of the molecule is Cc1ccc(C2CCNC2)c(C)c1. The molecule has 1 unspecified atom stereocenters. The van der Waals surface area contributed by atoms with Gasteiger partial charge in [0.1, 0.15) is 0 Å². The predicted octanol–water partition coefficient (Wildman–Crippen LogP) is 2.38. The first kappa shape index (κ1) is 8.76. The molecule has 70 valence electrons. The summed E-state index contributed by atoms with van der Waals surface area (Å²) in [7, 11) is 0. The Kier molecular flexibility index (Phi) is 2.36. The van der Waals surface area contributed by atoms with E-state index in [-0.39, 0.29) is 0 Å². The monoisotopic (exact) mass is 175 g/mol. The highest BCUT2D eigenvalue weighted by Crippen LogP contribution is 2.25. The van der Waals surface area contributed by atoms with Gasteiger partial charge in [-0.15, -0.1) is 0 Å². The summed E-state index contributed by atoms with van der Waals surface area (Å²) >= 11 is 0. The molecule has 0 spiro atoms. The minimum atomic E-state index is 0.751. The van der Waals surface area contributed by atoms with Gasteiger partial charge in [-0.1, -0.05) is 23.8 Å². The lowest BCUT2D eigenvalue weighted by molar-refractivity contribution is 0.757. The first-order chi connectivity index (χ1) is 6.27. The second-order valence-electron chi connectivity index (χ2n) is 4.05. The fourth-order valence-corrected chi connectivity index (χ4v) is 2.20. The van der Waals surface area contributed by atoms with Crippen molar-refractivity contribution in [3.8, 4) is 0 Å². The van der Waals surface area contributed by atoms with Gasteiger partial charge in [-0.25, -0.2) is 0 Å². The van der Waals surface area contributed by atoms with Gasteiger partial charge < -0.3 is 5.32 Å². The molecule has 0 amide bonds. The maximum Gasteiger partial charge on any atom is 0.00207 e. The normalized spacial score (nSPS) is 22.2. The number of benzene rings is 1. The number of aryl methyl sites for hydroxylation is 2. The fourth-order valence-electron chi connectivity index (χ4n) is 2.20. The van der Waals surface area contributed by atoms with Crippen LogP contribution in [0.5, 0.6) is 0 Å². The number of hydrogen-bond donors (Lipinski definition) is 1. The van der Waals surface area contributed by atoms with E-state index in [0.29, 0.717) is 0 Å². The molecule has 0 aliphatic carbocycles. The van der Waals surface area contributed by atoms with Gasteiger partial charge in [0.05, 0.1) is 0 Å². The molecule has 13 heavy (non-hydrogen) atoms. The van der Waals surface area contributed by atoms with E-state index in [4.69, 9.17) is 0 Å². The zero-order valence-corrected chi connectivity index (χ0v) is 8.43. The first-order valence-electron chi connectivity index (χ1n) is 5.05. The van der Waals surface area contributed by atoms with E-state index >= 15 is 0 Å². The molecule has 1 aromatic rings. The van der Waals surface area contributed by atoms with E-state index in [0.717, 1.165) is 12.5 Å². The van der Waals surface area contributed by atoms with Crippen molar-refractivity contribution in [1.29, 1.82) is 0 Å². The lowest BCUT2D eigenvalue weighted by atomic mass is 9.93. The van der Waals surface area contributed by atoms with Gasteiger partial charge in [0.2, 0.25) is 0 Å². The lowest BCUT2D eigenvalue weighted by Gasteiger charge is -2.12. The number of rotatable bonds is 1. The van der Waals surface area contributed by atoms with Crippen LogP contribution in [0.4, 0.5) is 0 Å². The van der Waals surface area contributed by atoms with Gasteiger partial charge in [0, 0.05) is 6.54 Å². The summed E-state index contributed by atoms with van der Waals surface area (Å²) in [4.78, 5) is 0. The van der Waals surface area contributed by atoms with Crippen LogP contribution < -0.4 is 5.32 Å². The Balaban J connectivity index is 2.29. The Labute approximate surface area is 80.2 Å². The lowest BCUT2D eigenvalue weighted by Crippen LogP contribution is -2.08. The molecule has 0 radical (unpaired) electrons. The molecule has 1 heteroatoms. The summed E-state index contributed by atoms with van der Waals surface area (Å²) in [5.41, 5.74) is 4.36. The molecule has 2 rings (SSSR count). The van der Waals surface area contributed by atoms with Crippen LogP contribution in [0.25, 0.3) is 0 Å². The van der Waals surface area contributed by atoms with E-state index in [2.05, 4.69) is 37.4 Å². The Morgan fingerprint density at radius 3 is 2.77 bits per heavy atom. The minimum absolute atomic E-state index is 0.751. The quantitative estimate of drug-likeness (QED) is 0.691. The van der Waals surface area contributed by atoms with Crippen molar-refractivity contribution in [2.45, 2.75) is 26.2 Å². The molecule has 1 fully saturated rings. The van der Waals surface area contributed by atoms with Gasteiger partial charge in [-0.2, -0.15) is 0 Å². The third kappa shape index (κ3) is 1.75. The van der Waals surface area contributed by atoms with Crippen LogP contribution in [-0.2, 0) is 0 Å². The molecule has 1 aliphatic heterocycles. The number of nitrogens with one attached hydrogen (secondary N) is 1. The molecule has 0 saturated carbocycles. The average molecular weight is 175 g/mol. The minimum Gasteiger partial charge on any atom is -0.316 e. The zero-order chi connectivity index (χ0) is 9.26. The number of hydrogen-bond acceptors (Lipinski definition) is 1. The van der Waals surface area contributed by atoms with Crippen LogP contribution in [0.15, 0.2) is 18.2 Å². The summed E-state index contributed by atoms with van der Waals surface area (Å²) in [6.07, 6.45) is 1.30. The largest absolute Gasteiger partial charge is 0.316 e. The van der Waals surface area contributed by atoms with Crippen molar-refractivity contribution >= 4 is 0 Å². The maximum absolute atomic E-state index is 3.41. The van der Waals surface area contributed by atoms with E-state index in [1.165, 1.54) is 29.7 Å². The van der Waals surface area contributed by atoms with Crippen LogP contribution >= 0.6 is 0 Å². The second-order valence-corrected chi connectivity index (χ2v) is 4.05. The van der Waals surface area contributed by atoms with Gasteiger partial charge in [-0.3, -0.25) is 0 Å². The third-order valence-electron chi connectivity index (χ3n) is 2.93. The Hall–Kier alpha value is -0.820. The van der Waals surface area contributed by atoms with E-state index in [1.54, 1.807) is 0 Å². The first-order valence-corrected chi connectivity index (χ1v) is 5.05. The Morgan fingerprint density at radius 1 is 1.31 bits per heavy atom. The van der Waals surface area contributed by atoms with Crippen LogP contribution in [-0.4, -0.2) is 13.1 Å². The molecule has 1 atom stereocenters. The maximum atomic E-state index is 3.41. The van der Waals surface area contributed by atoms with Gasteiger partial charge in [-0.05, 0) is 43.9 Å². The van der Waals surface area contributed by atoms with Crippen molar-refractivity contribution < 1.29 is 0 Å². The van der Waals surface area contributed by atoms with Crippen molar-refractivity contribution in [3.63, 3.8) is 0 Å². The van der Waals surface area contributed by atoms with Crippen LogP contribution in [0.3, 0.4) is 0 Å². The standard InChI is InChI=1S/C12H17N/c1-9-3-4-12(10(2)7-9)11-5-6-13-8-11/h3-4,7,11,13H,5-6,8H2,1-2H3. The molecule has 1 aromatic carbocycles. The van der Waals surface area contributed by atoms with E-state index in [9.17, 15) is 0 Å². The van der Waals surface area contributed by atoms with Gasteiger partial charge in [0.25, 0.3) is 0 Å². The third-order valence-corrected chi connectivity index (χ3v) is 2.93. The predicted molar refractivity (Wildman–Crippen MR) is 56.1 cm³/mol. The molecule has 1 saturated heterocycles. The molecule has 1 heterocycles. The highest BCUT2D eigenvalue weighted by atomic mass is 14.9. The summed E-state index contributed by atoms with van der Waals surface area (Å²) < 4.78 is 0. The fraction of sp³-hybridized carbons (Fsp3) is 0.500. The zero-order valence-electron chi connectivity index (χ0n) is 8.43. The molecule has 1 nitrogen and oxygen atoms in total. The molecular formula is C12H17N. The second kappa shape index (κ2) is 3.51. The molecular weight excluding hydrogens is 158 g/mol. The van der Waals surface area contributed by atoms with Crippen molar-refractivity contribution in [1.82, 2.24) is 5.32 Å². The molecule has 0 aromatic heterocycles. The van der Waals surface area contributed by atoms with Crippen LogP contribution in [0.1, 0.15) is 29.0 Å². The van der Waals surface area contributed by atoms with Gasteiger partial charge >= 0.3 is 0 Å². The highest BCUT2D eigenvalue weighted by molar-refractivity contribution is 5.33. The Bertz CT molecular complexity index is 298. The van der Waals surface area contributed by atoms with Gasteiger partial charge in [0.15, 0.2) is 0 Å². The summed E-state index contributed by atoms with van der Waals surface area (Å²) in [6, 6.07) is 6.80. The Morgan fingerprint density at radius 2 is 2.15 bits per heavy atom. The van der Waals surface area contributed by atoms with Crippen molar-refractivity contribution in [2.75, 3.05) is 13.1 Å². The van der Waals surface area contributed by atoms with Crippen LogP contribution in [0, 0.1) is 13.8 Å². The average Bonchev–Trinajstić information content (AvgIpc) is 2.56.